The molecule has 132 valence electrons. The number of carbonyl (C=O) groups excluding carboxylic acids is 1. The summed E-state index contributed by atoms with van der Waals surface area (Å²) in [6.45, 7) is 3.12. The maximum absolute atomic E-state index is 13.1. The molecule has 3 rings (SSSR count). The van der Waals surface area contributed by atoms with E-state index in [1.54, 1.807) is 37.3 Å². The van der Waals surface area contributed by atoms with Gasteiger partial charge in [-0.25, -0.2) is 0 Å². The molecular weight excluding hydrogens is 318 g/mol. The number of methoxy groups -OCH3 is 2. The summed E-state index contributed by atoms with van der Waals surface area (Å²) >= 11 is 0. The lowest BCUT2D eigenvalue weighted by Crippen LogP contribution is -2.35. The molecule has 0 aromatic heterocycles. The largest absolute Gasteiger partial charge is 0.495 e. The van der Waals surface area contributed by atoms with Crippen molar-refractivity contribution in [3.63, 3.8) is 0 Å². The van der Waals surface area contributed by atoms with Gasteiger partial charge in [0.25, 0.3) is 5.91 Å². The fraction of sp³-hybridized carbons (Fsp3) is 0.350. The van der Waals surface area contributed by atoms with E-state index in [0.717, 1.165) is 29.8 Å². The number of fused-ring (bicyclic) bond motifs is 1. The van der Waals surface area contributed by atoms with Crippen molar-refractivity contribution < 1.29 is 19.0 Å². The van der Waals surface area contributed by atoms with Gasteiger partial charge >= 0.3 is 0 Å². The molecule has 0 N–H and O–H groups in total. The third-order valence-corrected chi connectivity index (χ3v) is 4.36. The predicted octanol–water partition coefficient (Wildman–Crippen LogP) is 3.70. The van der Waals surface area contributed by atoms with Gasteiger partial charge in [-0.05, 0) is 49.6 Å². The number of hydrogen-bond acceptors (Lipinski definition) is 4. The lowest BCUT2D eigenvalue weighted by Gasteiger charge is -2.31. The lowest BCUT2D eigenvalue weighted by atomic mass is 10.00. The van der Waals surface area contributed by atoms with Crippen molar-refractivity contribution in [1.82, 2.24) is 0 Å². The molecule has 1 aliphatic heterocycles. The average Bonchev–Trinajstić information content (AvgIpc) is 2.67. The van der Waals surface area contributed by atoms with Gasteiger partial charge in [-0.3, -0.25) is 4.79 Å². The SMILES string of the molecule is CCOc1ccc(C(=O)N2CCCc3cccc(OC)c32)cc1OC. The van der Waals surface area contributed by atoms with Gasteiger partial charge in [0.2, 0.25) is 0 Å². The minimum atomic E-state index is -0.0631. The molecule has 5 heteroatoms. The Hall–Kier alpha value is -2.69. The fourth-order valence-electron chi connectivity index (χ4n) is 3.21. The number of anilines is 1. The normalized spacial score (nSPS) is 13.2. The molecule has 0 aliphatic carbocycles. The second-order valence-electron chi connectivity index (χ2n) is 5.83. The predicted molar refractivity (Wildman–Crippen MR) is 97.2 cm³/mol. The van der Waals surface area contributed by atoms with Gasteiger partial charge in [0.1, 0.15) is 5.75 Å². The Balaban J connectivity index is 1.98. The molecule has 25 heavy (non-hydrogen) atoms. The molecule has 0 fully saturated rings. The van der Waals surface area contributed by atoms with Gasteiger partial charge in [-0.1, -0.05) is 12.1 Å². The molecule has 0 unspecified atom stereocenters. The van der Waals surface area contributed by atoms with E-state index in [1.165, 1.54) is 0 Å². The summed E-state index contributed by atoms with van der Waals surface area (Å²) in [5.41, 5.74) is 2.57. The Morgan fingerprint density at radius 1 is 1.08 bits per heavy atom. The molecule has 0 saturated heterocycles. The molecule has 5 nitrogen and oxygen atoms in total. The Morgan fingerprint density at radius 2 is 1.88 bits per heavy atom. The number of nitrogens with zero attached hydrogens (tertiary/aromatic N) is 1. The van der Waals surface area contributed by atoms with Crippen molar-refractivity contribution in [3.8, 4) is 17.2 Å². The maximum Gasteiger partial charge on any atom is 0.258 e. The number of benzene rings is 2. The summed E-state index contributed by atoms with van der Waals surface area (Å²) in [6.07, 6.45) is 1.88. The van der Waals surface area contributed by atoms with Gasteiger partial charge in [-0.15, -0.1) is 0 Å². The fourth-order valence-corrected chi connectivity index (χ4v) is 3.21. The number of ether oxygens (including phenoxy) is 3. The van der Waals surface area contributed by atoms with Gasteiger partial charge < -0.3 is 19.1 Å². The molecule has 0 bridgehead atoms. The van der Waals surface area contributed by atoms with E-state index in [4.69, 9.17) is 14.2 Å². The number of aryl methyl sites for hydroxylation is 1. The second kappa shape index (κ2) is 7.47. The third-order valence-electron chi connectivity index (χ3n) is 4.36. The van der Waals surface area contributed by atoms with Crippen LogP contribution in [0.5, 0.6) is 17.2 Å². The quantitative estimate of drug-likeness (QED) is 0.832. The molecule has 2 aromatic rings. The van der Waals surface area contributed by atoms with E-state index in [9.17, 15) is 4.79 Å². The number of para-hydroxylation sites is 1. The van der Waals surface area contributed by atoms with Crippen LogP contribution in [0.15, 0.2) is 36.4 Å². The van der Waals surface area contributed by atoms with Crippen LogP contribution in [0.1, 0.15) is 29.3 Å². The first-order chi connectivity index (χ1) is 12.2. The van der Waals surface area contributed by atoms with Crippen molar-refractivity contribution in [2.75, 3.05) is 32.3 Å². The zero-order valence-corrected chi connectivity index (χ0v) is 14.9. The highest BCUT2D eigenvalue weighted by atomic mass is 16.5. The van der Waals surface area contributed by atoms with Crippen molar-refractivity contribution in [2.45, 2.75) is 19.8 Å². The molecule has 0 radical (unpaired) electrons. The van der Waals surface area contributed by atoms with E-state index >= 15 is 0 Å². The van der Waals surface area contributed by atoms with Crippen LogP contribution in [0.25, 0.3) is 0 Å². The van der Waals surface area contributed by atoms with Gasteiger partial charge in [0.05, 0.1) is 26.5 Å². The summed E-state index contributed by atoms with van der Waals surface area (Å²) in [7, 11) is 3.21. The van der Waals surface area contributed by atoms with E-state index in [-0.39, 0.29) is 5.91 Å². The van der Waals surface area contributed by atoms with Crippen LogP contribution in [-0.4, -0.2) is 33.3 Å². The molecular formula is C20H23NO4. The third kappa shape index (κ3) is 3.27. The van der Waals surface area contributed by atoms with E-state index in [0.29, 0.717) is 30.2 Å². The van der Waals surface area contributed by atoms with Crippen LogP contribution in [0, 0.1) is 0 Å². The Morgan fingerprint density at radius 3 is 2.60 bits per heavy atom. The average molecular weight is 341 g/mol. The van der Waals surface area contributed by atoms with Crippen LogP contribution in [0.3, 0.4) is 0 Å². The molecule has 1 amide bonds. The Bertz CT molecular complexity index is 758. The highest BCUT2D eigenvalue weighted by Gasteiger charge is 2.27. The Kier molecular flexibility index (Phi) is 5.12. The molecule has 0 atom stereocenters. The zero-order chi connectivity index (χ0) is 17.8. The van der Waals surface area contributed by atoms with Crippen molar-refractivity contribution in [1.29, 1.82) is 0 Å². The molecule has 0 spiro atoms. The van der Waals surface area contributed by atoms with Crippen LogP contribution in [-0.2, 0) is 6.42 Å². The van der Waals surface area contributed by atoms with Crippen LogP contribution in [0.2, 0.25) is 0 Å². The molecule has 0 saturated carbocycles. The number of hydrogen-bond donors (Lipinski definition) is 0. The summed E-state index contributed by atoms with van der Waals surface area (Å²) in [4.78, 5) is 14.9. The monoisotopic (exact) mass is 341 g/mol. The van der Waals surface area contributed by atoms with E-state index in [2.05, 4.69) is 6.07 Å². The highest BCUT2D eigenvalue weighted by Crippen LogP contribution is 2.37. The van der Waals surface area contributed by atoms with Crippen molar-refractivity contribution in [3.05, 3.63) is 47.5 Å². The molecule has 2 aromatic carbocycles. The van der Waals surface area contributed by atoms with Crippen molar-refractivity contribution in [2.24, 2.45) is 0 Å². The first kappa shape index (κ1) is 17.1. The molecule has 1 aliphatic rings. The van der Waals surface area contributed by atoms with Crippen molar-refractivity contribution >= 4 is 11.6 Å². The Labute approximate surface area is 148 Å². The van der Waals surface area contributed by atoms with Crippen LogP contribution in [0.4, 0.5) is 5.69 Å². The maximum atomic E-state index is 13.1. The first-order valence-electron chi connectivity index (χ1n) is 8.48. The smallest absolute Gasteiger partial charge is 0.258 e. The van der Waals surface area contributed by atoms with E-state index < -0.39 is 0 Å². The first-order valence-corrected chi connectivity index (χ1v) is 8.48. The highest BCUT2D eigenvalue weighted by molar-refractivity contribution is 6.08. The second-order valence-corrected chi connectivity index (χ2v) is 5.83. The minimum Gasteiger partial charge on any atom is -0.495 e. The van der Waals surface area contributed by atoms with Crippen LogP contribution >= 0.6 is 0 Å². The summed E-state index contributed by atoms with van der Waals surface area (Å²) in [5.74, 6) is 1.86. The van der Waals surface area contributed by atoms with Gasteiger partial charge in [0, 0.05) is 12.1 Å². The van der Waals surface area contributed by atoms with Crippen LogP contribution < -0.4 is 19.1 Å². The summed E-state index contributed by atoms with van der Waals surface area (Å²) in [6, 6.07) is 11.2. The van der Waals surface area contributed by atoms with Gasteiger partial charge in [0.15, 0.2) is 11.5 Å². The number of rotatable bonds is 5. The number of amides is 1. The topological polar surface area (TPSA) is 48.0 Å². The number of carbonyl (C=O) groups is 1. The summed E-state index contributed by atoms with van der Waals surface area (Å²) in [5, 5.41) is 0. The minimum absolute atomic E-state index is 0.0631. The van der Waals surface area contributed by atoms with Gasteiger partial charge in [-0.2, -0.15) is 0 Å². The zero-order valence-electron chi connectivity index (χ0n) is 14.9. The summed E-state index contributed by atoms with van der Waals surface area (Å²) < 4.78 is 16.4. The van der Waals surface area contributed by atoms with E-state index in [1.807, 2.05) is 19.1 Å². The lowest BCUT2D eigenvalue weighted by molar-refractivity contribution is 0.0984. The standard InChI is InChI=1S/C20H23NO4/c1-4-25-16-11-10-15(13-18(16)24-3)20(22)21-12-6-8-14-7-5-9-17(23-2)19(14)21/h5,7,9-11,13H,4,6,8,12H2,1-3H3. The molecule has 1 heterocycles.